The number of rotatable bonds is 5. The van der Waals surface area contributed by atoms with E-state index in [1.807, 2.05) is 18.2 Å². The fourth-order valence-electron chi connectivity index (χ4n) is 4.55. The molecule has 0 bridgehead atoms. The highest BCUT2D eigenvalue weighted by molar-refractivity contribution is 7.91. The molecule has 0 spiro atoms. The first-order valence-corrected chi connectivity index (χ1v) is 11.7. The van der Waals surface area contributed by atoms with Gasteiger partial charge in [-0.15, -0.1) is 11.3 Å². The van der Waals surface area contributed by atoms with Crippen LogP contribution in [0.3, 0.4) is 0 Å². The number of carbonyl (C=O) groups is 1. The Morgan fingerprint density at radius 3 is 2.54 bits per heavy atom. The van der Waals surface area contributed by atoms with Crippen LogP contribution in [0.4, 0.5) is 0 Å². The van der Waals surface area contributed by atoms with E-state index >= 15 is 0 Å². The van der Waals surface area contributed by atoms with Gasteiger partial charge in [-0.05, 0) is 17.0 Å². The highest BCUT2D eigenvalue weighted by atomic mass is 32.2. The first-order valence-electron chi connectivity index (χ1n) is 9.35. The van der Waals surface area contributed by atoms with Gasteiger partial charge in [0.15, 0.2) is 0 Å². The van der Waals surface area contributed by atoms with Crippen molar-refractivity contribution in [3.05, 3.63) is 53.4 Å². The molecule has 2 fully saturated rings. The first kappa shape index (κ1) is 19.6. The van der Waals surface area contributed by atoms with Crippen molar-refractivity contribution in [1.29, 1.82) is 0 Å². The Kier molecular flexibility index (Phi) is 5.07. The second kappa shape index (κ2) is 7.26. The Morgan fingerprint density at radius 1 is 1.14 bits per heavy atom. The van der Waals surface area contributed by atoms with E-state index in [-0.39, 0.29) is 18.4 Å². The molecule has 0 N–H and O–H groups in total. The Bertz CT molecular complexity index is 944. The van der Waals surface area contributed by atoms with E-state index in [4.69, 9.17) is 0 Å². The van der Waals surface area contributed by atoms with E-state index in [2.05, 4.69) is 17.0 Å². The smallest absolute Gasteiger partial charge is 0.252 e. The van der Waals surface area contributed by atoms with Crippen LogP contribution in [0, 0.1) is 11.3 Å². The predicted octanol–water partition coefficient (Wildman–Crippen LogP) is 1.96. The molecule has 6 nitrogen and oxygen atoms in total. The number of hydrogen-bond acceptors (Lipinski definition) is 5. The molecule has 1 aromatic carbocycles. The van der Waals surface area contributed by atoms with Crippen LogP contribution in [-0.2, 0) is 21.4 Å². The summed E-state index contributed by atoms with van der Waals surface area (Å²) in [5, 5.41) is 1.77. The number of carbonyl (C=O) groups excluding carboxylic acids is 1. The summed E-state index contributed by atoms with van der Waals surface area (Å²) < 4.78 is 27.9. The average molecular weight is 420 g/mol. The van der Waals surface area contributed by atoms with Crippen LogP contribution in [-0.4, -0.2) is 68.7 Å². The van der Waals surface area contributed by atoms with Gasteiger partial charge in [-0.3, -0.25) is 9.69 Å². The normalized spacial score (nSPS) is 25.7. The van der Waals surface area contributed by atoms with Crippen LogP contribution in [0.2, 0.25) is 0 Å². The Morgan fingerprint density at radius 2 is 1.89 bits per heavy atom. The van der Waals surface area contributed by atoms with Gasteiger partial charge in [0.1, 0.15) is 4.21 Å². The first-order chi connectivity index (χ1) is 13.3. The Labute approximate surface area is 170 Å². The second-order valence-electron chi connectivity index (χ2n) is 7.94. The van der Waals surface area contributed by atoms with Crippen molar-refractivity contribution >= 4 is 27.3 Å². The molecule has 0 saturated carbocycles. The van der Waals surface area contributed by atoms with Crippen molar-refractivity contribution in [3.63, 3.8) is 0 Å². The van der Waals surface area contributed by atoms with Crippen molar-refractivity contribution in [1.82, 2.24) is 14.1 Å². The zero-order valence-electron chi connectivity index (χ0n) is 16.1. The molecule has 3 heterocycles. The summed E-state index contributed by atoms with van der Waals surface area (Å²) in [6, 6.07) is 13.6. The van der Waals surface area contributed by atoms with Crippen LogP contribution < -0.4 is 0 Å². The number of benzene rings is 1. The van der Waals surface area contributed by atoms with Crippen molar-refractivity contribution in [2.75, 3.05) is 40.3 Å². The van der Waals surface area contributed by atoms with Crippen LogP contribution in [0.25, 0.3) is 0 Å². The van der Waals surface area contributed by atoms with E-state index < -0.39 is 15.4 Å². The molecule has 2 aromatic rings. The molecular weight excluding hydrogens is 394 g/mol. The van der Waals surface area contributed by atoms with Gasteiger partial charge in [-0.2, -0.15) is 4.31 Å². The number of sulfonamides is 1. The minimum Gasteiger partial charge on any atom is -0.348 e. The molecule has 2 saturated heterocycles. The number of hydrogen-bond donors (Lipinski definition) is 0. The highest BCUT2D eigenvalue weighted by Crippen LogP contribution is 2.46. The second-order valence-corrected chi connectivity index (χ2v) is 11.0. The van der Waals surface area contributed by atoms with Gasteiger partial charge in [-0.25, -0.2) is 8.42 Å². The molecule has 2 atom stereocenters. The minimum absolute atomic E-state index is 0.000787. The number of likely N-dealkylation sites (tertiary alicyclic amines) is 1. The van der Waals surface area contributed by atoms with Crippen molar-refractivity contribution in [2.24, 2.45) is 11.3 Å². The third kappa shape index (κ3) is 3.28. The molecule has 2 aliphatic rings. The highest BCUT2D eigenvalue weighted by Gasteiger charge is 2.59. The maximum absolute atomic E-state index is 13.2. The topological polar surface area (TPSA) is 60.9 Å². The van der Waals surface area contributed by atoms with Crippen LogP contribution in [0.5, 0.6) is 0 Å². The lowest BCUT2D eigenvalue weighted by molar-refractivity contribution is -0.139. The Balaban J connectivity index is 1.60. The summed E-state index contributed by atoms with van der Waals surface area (Å²) >= 11 is 1.23. The van der Waals surface area contributed by atoms with Gasteiger partial charge < -0.3 is 4.90 Å². The van der Waals surface area contributed by atoms with E-state index in [1.54, 1.807) is 36.5 Å². The molecule has 150 valence electrons. The van der Waals surface area contributed by atoms with Crippen molar-refractivity contribution < 1.29 is 13.2 Å². The maximum Gasteiger partial charge on any atom is 0.252 e. The number of fused-ring (bicyclic) bond motifs is 1. The molecule has 1 amide bonds. The maximum atomic E-state index is 13.2. The zero-order valence-corrected chi connectivity index (χ0v) is 17.7. The lowest BCUT2D eigenvalue weighted by atomic mass is 9.80. The summed E-state index contributed by atoms with van der Waals surface area (Å²) in [6.07, 6.45) is 0. The SMILES string of the molecule is CN(C)C(=O)[C@]12CN(Cc3ccccc3)C[C@H]1CN(S(=O)(=O)c1cccs1)C2. The van der Waals surface area contributed by atoms with Gasteiger partial charge in [0.05, 0.1) is 5.41 Å². The monoisotopic (exact) mass is 419 g/mol. The average Bonchev–Trinajstić information content (AvgIpc) is 3.37. The predicted molar refractivity (Wildman–Crippen MR) is 109 cm³/mol. The van der Waals surface area contributed by atoms with Gasteiger partial charge in [0.2, 0.25) is 5.91 Å². The van der Waals surface area contributed by atoms with E-state index in [0.29, 0.717) is 17.3 Å². The molecule has 4 rings (SSSR count). The molecule has 0 radical (unpaired) electrons. The number of thiophene rings is 1. The van der Waals surface area contributed by atoms with Gasteiger partial charge in [-0.1, -0.05) is 36.4 Å². The molecule has 0 unspecified atom stereocenters. The van der Waals surface area contributed by atoms with Gasteiger partial charge in [0, 0.05) is 52.7 Å². The number of nitrogens with zero attached hydrogens (tertiary/aromatic N) is 3. The molecular formula is C20H25N3O3S2. The fraction of sp³-hybridized carbons (Fsp3) is 0.450. The zero-order chi connectivity index (χ0) is 19.9. The molecule has 28 heavy (non-hydrogen) atoms. The van der Waals surface area contributed by atoms with Crippen molar-refractivity contribution in [2.45, 2.75) is 10.8 Å². The third-order valence-electron chi connectivity index (χ3n) is 5.82. The lowest BCUT2D eigenvalue weighted by Crippen LogP contribution is -2.47. The van der Waals surface area contributed by atoms with E-state index in [9.17, 15) is 13.2 Å². The molecule has 8 heteroatoms. The summed E-state index contributed by atoms with van der Waals surface area (Å²) in [6.45, 7) is 2.73. The quantitative estimate of drug-likeness (QED) is 0.743. The van der Waals surface area contributed by atoms with Gasteiger partial charge in [0.25, 0.3) is 10.0 Å². The van der Waals surface area contributed by atoms with E-state index in [0.717, 1.165) is 13.1 Å². The summed E-state index contributed by atoms with van der Waals surface area (Å²) in [5.41, 5.74) is 0.529. The number of amides is 1. The minimum atomic E-state index is -3.55. The molecule has 2 aliphatic heterocycles. The van der Waals surface area contributed by atoms with E-state index in [1.165, 1.54) is 21.2 Å². The molecule has 1 aromatic heterocycles. The summed E-state index contributed by atoms with van der Waals surface area (Å²) in [5.74, 6) is 0.0257. The van der Waals surface area contributed by atoms with Crippen molar-refractivity contribution in [3.8, 4) is 0 Å². The largest absolute Gasteiger partial charge is 0.348 e. The van der Waals surface area contributed by atoms with Crippen LogP contribution in [0.15, 0.2) is 52.1 Å². The van der Waals surface area contributed by atoms with Crippen LogP contribution in [0.1, 0.15) is 5.56 Å². The summed E-state index contributed by atoms with van der Waals surface area (Å²) in [4.78, 5) is 17.1. The third-order valence-corrected chi connectivity index (χ3v) is 9.00. The standard InChI is InChI=1S/C20H25N3O3S2/c1-21(2)19(24)20-14-22(11-16-7-4-3-5-8-16)12-17(20)13-23(15-20)28(25,26)18-9-6-10-27-18/h3-10,17H,11-15H2,1-2H3/t17-,20-/m0/s1. The lowest BCUT2D eigenvalue weighted by Gasteiger charge is -2.30. The fourth-order valence-corrected chi connectivity index (χ4v) is 7.25. The molecule has 0 aliphatic carbocycles. The van der Waals surface area contributed by atoms with Gasteiger partial charge >= 0.3 is 0 Å². The Hall–Kier alpha value is -1.74. The summed E-state index contributed by atoms with van der Waals surface area (Å²) in [7, 11) is -0.0397. The van der Waals surface area contributed by atoms with Crippen LogP contribution >= 0.6 is 11.3 Å².